The Morgan fingerprint density at radius 2 is 1.86 bits per heavy atom. The smallest absolute Gasteiger partial charge is 0.191 e. The number of sulfone groups is 1. The first-order valence-corrected chi connectivity index (χ1v) is 11.6. The maximum atomic E-state index is 13.3. The number of guanidine groups is 1. The van der Waals surface area contributed by atoms with Gasteiger partial charge in [0.25, 0.3) is 0 Å². The molecule has 1 saturated heterocycles. The number of halogens is 2. The van der Waals surface area contributed by atoms with Crippen LogP contribution < -0.4 is 10.6 Å². The largest absolute Gasteiger partial charge is 0.379 e. The van der Waals surface area contributed by atoms with E-state index in [2.05, 4.69) is 20.5 Å². The van der Waals surface area contributed by atoms with E-state index in [-0.39, 0.29) is 47.3 Å². The number of nitrogens with zero attached hydrogens (tertiary/aromatic N) is 2. The number of aliphatic imine (C=N–C) groups is 1. The monoisotopic (exact) mass is 542 g/mol. The number of morpholine rings is 1. The van der Waals surface area contributed by atoms with Crippen LogP contribution in [-0.2, 0) is 14.6 Å². The van der Waals surface area contributed by atoms with Crippen molar-refractivity contribution in [2.75, 3.05) is 57.4 Å². The van der Waals surface area contributed by atoms with Crippen LogP contribution in [0.5, 0.6) is 0 Å². The molecule has 1 atom stereocenters. The van der Waals surface area contributed by atoms with E-state index in [9.17, 15) is 12.8 Å². The molecular formula is C19H32FIN4O3S. The number of benzene rings is 1. The van der Waals surface area contributed by atoms with Crippen molar-refractivity contribution in [3.05, 3.63) is 35.6 Å². The molecule has 166 valence electrons. The van der Waals surface area contributed by atoms with Crippen molar-refractivity contribution < 1.29 is 17.5 Å². The summed E-state index contributed by atoms with van der Waals surface area (Å²) >= 11 is 0. The molecule has 0 aromatic heterocycles. The molecule has 1 aliphatic rings. The summed E-state index contributed by atoms with van der Waals surface area (Å²) in [6, 6.07) is 6.51. The van der Waals surface area contributed by atoms with Gasteiger partial charge < -0.3 is 15.4 Å². The quantitative estimate of drug-likeness (QED) is 0.282. The second kappa shape index (κ2) is 13.3. The SMILES string of the molecule is CCNC(=NCC(c1ccc(F)cc1)N1CCOCC1)NCCS(=O)(=O)CC.I. The van der Waals surface area contributed by atoms with Crippen molar-refractivity contribution in [1.29, 1.82) is 0 Å². The van der Waals surface area contributed by atoms with Crippen LogP contribution in [0.15, 0.2) is 29.3 Å². The van der Waals surface area contributed by atoms with Crippen LogP contribution in [0.3, 0.4) is 0 Å². The van der Waals surface area contributed by atoms with Gasteiger partial charge in [0.15, 0.2) is 15.8 Å². The Morgan fingerprint density at radius 1 is 1.21 bits per heavy atom. The van der Waals surface area contributed by atoms with E-state index in [1.807, 2.05) is 6.92 Å². The van der Waals surface area contributed by atoms with E-state index in [1.165, 1.54) is 12.1 Å². The van der Waals surface area contributed by atoms with Crippen molar-refractivity contribution in [3.63, 3.8) is 0 Å². The molecule has 7 nitrogen and oxygen atoms in total. The van der Waals surface area contributed by atoms with Gasteiger partial charge in [0.1, 0.15) is 5.82 Å². The van der Waals surface area contributed by atoms with Crippen molar-refractivity contribution in [1.82, 2.24) is 15.5 Å². The lowest BCUT2D eigenvalue weighted by Gasteiger charge is -2.34. The molecular weight excluding hydrogens is 510 g/mol. The number of ether oxygens (including phenoxy) is 1. The summed E-state index contributed by atoms with van der Waals surface area (Å²) in [5.41, 5.74) is 0.997. The zero-order valence-electron chi connectivity index (χ0n) is 17.1. The lowest BCUT2D eigenvalue weighted by molar-refractivity contribution is 0.0179. The summed E-state index contributed by atoms with van der Waals surface area (Å²) in [7, 11) is -3.03. The number of rotatable bonds is 9. The predicted molar refractivity (Wildman–Crippen MR) is 125 cm³/mol. The van der Waals surface area contributed by atoms with Crippen LogP contribution in [0.2, 0.25) is 0 Å². The summed E-state index contributed by atoms with van der Waals surface area (Å²) < 4.78 is 42.1. The fraction of sp³-hybridized carbons (Fsp3) is 0.632. The van der Waals surface area contributed by atoms with Gasteiger partial charge in [-0.15, -0.1) is 24.0 Å². The zero-order valence-corrected chi connectivity index (χ0v) is 20.2. The average molecular weight is 542 g/mol. The van der Waals surface area contributed by atoms with Gasteiger partial charge in [0.05, 0.1) is 31.6 Å². The van der Waals surface area contributed by atoms with Gasteiger partial charge in [-0.1, -0.05) is 19.1 Å². The summed E-state index contributed by atoms with van der Waals surface area (Å²) in [4.78, 5) is 6.94. The molecule has 0 amide bonds. The lowest BCUT2D eigenvalue weighted by Crippen LogP contribution is -2.42. The minimum absolute atomic E-state index is 0. The van der Waals surface area contributed by atoms with Crippen molar-refractivity contribution >= 4 is 39.8 Å². The Labute approximate surface area is 190 Å². The highest BCUT2D eigenvalue weighted by Crippen LogP contribution is 2.22. The zero-order chi connectivity index (χ0) is 20.4. The molecule has 0 spiro atoms. The van der Waals surface area contributed by atoms with Crippen molar-refractivity contribution in [2.24, 2.45) is 4.99 Å². The van der Waals surface area contributed by atoms with Crippen LogP contribution in [0, 0.1) is 5.82 Å². The maximum absolute atomic E-state index is 13.3. The second-order valence-corrected chi connectivity index (χ2v) is 9.07. The third-order valence-electron chi connectivity index (χ3n) is 4.65. The van der Waals surface area contributed by atoms with Crippen LogP contribution in [0.4, 0.5) is 4.39 Å². The summed E-state index contributed by atoms with van der Waals surface area (Å²) in [6.45, 7) is 7.95. The molecule has 0 aliphatic carbocycles. The molecule has 29 heavy (non-hydrogen) atoms. The highest BCUT2D eigenvalue weighted by Gasteiger charge is 2.22. The van der Waals surface area contributed by atoms with Gasteiger partial charge in [0, 0.05) is 31.9 Å². The second-order valence-electron chi connectivity index (χ2n) is 6.60. The molecule has 10 heteroatoms. The Kier molecular flexibility index (Phi) is 12.0. The number of hydrogen-bond donors (Lipinski definition) is 2. The van der Waals surface area contributed by atoms with Gasteiger partial charge in [-0.05, 0) is 24.6 Å². The third-order valence-corrected chi connectivity index (χ3v) is 6.36. The highest BCUT2D eigenvalue weighted by molar-refractivity contribution is 14.0. The molecule has 0 bridgehead atoms. The average Bonchev–Trinajstić information content (AvgIpc) is 2.70. The molecule has 1 aromatic carbocycles. The van der Waals surface area contributed by atoms with Gasteiger partial charge in [0.2, 0.25) is 0 Å². The van der Waals surface area contributed by atoms with Crippen molar-refractivity contribution in [3.8, 4) is 0 Å². The van der Waals surface area contributed by atoms with Gasteiger partial charge >= 0.3 is 0 Å². The molecule has 2 rings (SSSR count). The normalized spacial score (nSPS) is 16.7. The first kappa shape index (κ1) is 26.1. The van der Waals surface area contributed by atoms with Gasteiger partial charge in [-0.3, -0.25) is 9.89 Å². The summed E-state index contributed by atoms with van der Waals surface area (Å²) in [6.07, 6.45) is 0. The summed E-state index contributed by atoms with van der Waals surface area (Å²) in [5.74, 6) is 0.513. The molecule has 0 radical (unpaired) electrons. The fourth-order valence-electron chi connectivity index (χ4n) is 2.99. The molecule has 2 N–H and O–H groups in total. The van der Waals surface area contributed by atoms with E-state index in [1.54, 1.807) is 19.1 Å². The topological polar surface area (TPSA) is 83.0 Å². The Balaban J connectivity index is 0.00000420. The highest BCUT2D eigenvalue weighted by atomic mass is 127. The first-order chi connectivity index (χ1) is 13.4. The van der Waals surface area contributed by atoms with Gasteiger partial charge in [-0.25, -0.2) is 12.8 Å². The van der Waals surface area contributed by atoms with Gasteiger partial charge in [-0.2, -0.15) is 0 Å². The minimum atomic E-state index is -3.03. The van der Waals surface area contributed by atoms with E-state index in [4.69, 9.17) is 4.74 Å². The maximum Gasteiger partial charge on any atom is 0.191 e. The standard InChI is InChI=1S/C19H31FN4O3S.HI/c1-3-21-19(22-9-14-28(25,26)4-2)23-15-18(24-10-12-27-13-11-24)16-5-7-17(20)8-6-16;/h5-8,18H,3-4,9-15H2,1-2H3,(H2,21,22,23);1H. The molecule has 0 saturated carbocycles. The minimum Gasteiger partial charge on any atom is -0.379 e. The van der Waals surface area contributed by atoms with E-state index in [0.29, 0.717) is 38.8 Å². The van der Waals surface area contributed by atoms with Crippen LogP contribution in [-0.4, -0.2) is 76.7 Å². The fourth-order valence-corrected chi connectivity index (χ4v) is 3.70. The Hall–Kier alpha value is -0.980. The molecule has 1 fully saturated rings. The van der Waals surface area contributed by atoms with E-state index < -0.39 is 9.84 Å². The molecule has 1 heterocycles. The van der Waals surface area contributed by atoms with Crippen molar-refractivity contribution in [2.45, 2.75) is 19.9 Å². The van der Waals surface area contributed by atoms with E-state index >= 15 is 0 Å². The van der Waals surface area contributed by atoms with Crippen LogP contribution >= 0.6 is 24.0 Å². The first-order valence-electron chi connectivity index (χ1n) is 9.75. The molecule has 1 aliphatic heterocycles. The summed E-state index contributed by atoms with van der Waals surface area (Å²) in [5, 5.41) is 6.23. The third kappa shape index (κ3) is 9.14. The van der Waals surface area contributed by atoms with E-state index in [0.717, 1.165) is 18.7 Å². The van der Waals surface area contributed by atoms with Crippen LogP contribution in [0.25, 0.3) is 0 Å². The molecule has 1 aromatic rings. The molecule has 1 unspecified atom stereocenters. The number of nitrogens with one attached hydrogen (secondary N) is 2. The predicted octanol–water partition coefficient (Wildman–Crippen LogP) is 1.81. The van der Waals surface area contributed by atoms with Crippen LogP contribution in [0.1, 0.15) is 25.5 Å². The Morgan fingerprint density at radius 3 is 2.45 bits per heavy atom. The lowest BCUT2D eigenvalue weighted by atomic mass is 10.0. The number of hydrogen-bond acceptors (Lipinski definition) is 5. The Bertz CT molecular complexity index is 725.